The monoisotopic (exact) mass is 158 g/mol. The van der Waals surface area contributed by atoms with E-state index in [1.807, 2.05) is 20.8 Å². The largest absolute Gasteiger partial charge is 0.460 e. The van der Waals surface area contributed by atoms with E-state index in [1.165, 1.54) is 0 Å². The van der Waals surface area contributed by atoms with Gasteiger partial charge in [-0.05, 0) is 27.2 Å². The van der Waals surface area contributed by atoms with Crippen molar-refractivity contribution in [1.82, 2.24) is 0 Å². The van der Waals surface area contributed by atoms with Crippen molar-refractivity contribution in [2.75, 3.05) is 0 Å². The van der Waals surface area contributed by atoms with Crippen LogP contribution in [0.4, 0.5) is 0 Å². The molecule has 2 nitrogen and oxygen atoms in total. The van der Waals surface area contributed by atoms with E-state index in [0.717, 1.165) is 12.8 Å². The van der Waals surface area contributed by atoms with Gasteiger partial charge in [0.05, 0.1) is 0 Å². The Labute approximate surface area is 68.9 Å². The predicted molar refractivity (Wildman–Crippen MR) is 45.4 cm³/mol. The zero-order chi connectivity index (χ0) is 8.91. The molecule has 0 rings (SSSR count). The fourth-order valence-electron chi connectivity index (χ4n) is 0.714. The lowest BCUT2D eigenvalue weighted by Gasteiger charge is -2.19. The summed E-state index contributed by atoms with van der Waals surface area (Å²) in [7, 11) is 0. The van der Waals surface area contributed by atoms with Crippen molar-refractivity contribution in [2.24, 2.45) is 0 Å². The van der Waals surface area contributed by atoms with Gasteiger partial charge in [0.2, 0.25) is 0 Å². The van der Waals surface area contributed by atoms with Crippen molar-refractivity contribution in [3.05, 3.63) is 0 Å². The molecule has 0 aromatic rings. The molecule has 0 aliphatic heterocycles. The molecule has 0 unspecified atom stereocenters. The summed E-state index contributed by atoms with van der Waals surface area (Å²) in [6.07, 6.45) is 2.52. The van der Waals surface area contributed by atoms with E-state index in [0.29, 0.717) is 6.42 Å². The molecule has 0 aliphatic carbocycles. The second kappa shape index (κ2) is 4.37. The van der Waals surface area contributed by atoms with Crippen LogP contribution in [0.2, 0.25) is 0 Å². The van der Waals surface area contributed by atoms with E-state index in [-0.39, 0.29) is 11.6 Å². The van der Waals surface area contributed by atoms with E-state index in [9.17, 15) is 4.79 Å². The van der Waals surface area contributed by atoms with Crippen LogP contribution in [0.1, 0.15) is 47.0 Å². The van der Waals surface area contributed by atoms with Gasteiger partial charge in [-0.2, -0.15) is 0 Å². The van der Waals surface area contributed by atoms with Gasteiger partial charge in [0.15, 0.2) is 0 Å². The van der Waals surface area contributed by atoms with E-state index < -0.39 is 0 Å². The highest BCUT2D eigenvalue weighted by Gasteiger charge is 2.14. The quantitative estimate of drug-likeness (QED) is 0.590. The van der Waals surface area contributed by atoms with Crippen LogP contribution in [0.3, 0.4) is 0 Å². The zero-order valence-electron chi connectivity index (χ0n) is 7.94. The van der Waals surface area contributed by atoms with Gasteiger partial charge >= 0.3 is 5.97 Å². The molecule has 0 saturated carbocycles. The highest BCUT2D eigenvalue weighted by molar-refractivity contribution is 5.69. The van der Waals surface area contributed by atoms with Crippen molar-refractivity contribution >= 4 is 5.97 Å². The van der Waals surface area contributed by atoms with E-state index in [2.05, 4.69) is 6.92 Å². The summed E-state index contributed by atoms with van der Waals surface area (Å²) in [5.41, 5.74) is -0.329. The number of ether oxygens (including phenoxy) is 1. The molecule has 0 heterocycles. The molecule has 66 valence electrons. The van der Waals surface area contributed by atoms with Crippen LogP contribution in [0.15, 0.2) is 0 Å². The summed E-state index contributed by atoms with van der Waals surface area (Å²) < 4.78 is 5.10. The standard InChI is InChI=1S/C9H18O2/c1-5-6-7-8(10)11-9(2,3)4/h5-7H2,1-4H3. The van der Waals surface area contributed by atoms with Crippen LogP contribution in [-0.4, -0.2) is 11.6 Å². The van der Waals surface area contributed by atoms with Gasteiger partial charge in [0.25, 0.3) is 0 Å². The van der Waals surface area contributed by atoms with Crippen LogP contribution >= 0.6 is 0 Å². The first-order valence-electron chi connectivity index (χ1n) is 4.17. The molecule has 0 aromatic carbocycles. The third kappa shape index (κ3) is 7.37. The Bertz CT molecular complexity index is 122. The molecule has 0 fully saturated rings. The number of hydrogen-bond donors (Lipinski definition) is 0. The van der Waals surface area contributed by atoms with Crippen LogP contribution in [0.25, 0.3) is 0 Å². The lowest BCUT2D eigenvalue weighted by molar-refractivity contribution is -0.154. The SMILES string of the molecule is CCCCC(=O)OC(C)(C)C. The Balaban J connectivity index is 3.53. The molecule has 0 bridgehead atoms. The maximum atomic E-state index is 11.0. The molecule has 0 N–H and O–H groups in total. The number of hydrogen-bond acceptors (Lipinski definition) is 2. The first-order valence-corrected chi connectivity index (χ1v) is 4.17. The second-order valence-corrected chi connectivity index (χ2v) is 3.69. The van der Waals surface area contributed by atoms with E-state index in [1.54, 1.807) is 0 Å². The third-order valence-electron chi connectivity index (χ3n) is 1.15. The highest BCUT2D eigenvalue weighted by atomic mass is 16.6. The van der Waals surface area contributed by atoms with Crippen LogP contribution in [0, 0.1) is 0 Å². The van der Waals surface area contributed by atoms with Gasteiger partial charge in [-0.15, -0.1) is 0 Å². The molecule has 11 heavy (non-hydrogen) atoms. The van der Waals surface area contributed by atoms with Gasteiger partial charge in [-0.25, -0.2) is 0 Å². The summed E-state index contributed by atoms with van der Waals surface area (Å²) >= 11 is 0. The van der Waals surface area contributed by atoms with Crippen LogP contribution < -0.4 is 0 Å². The number of rotatable bonds is 3. The topological polar surface area (TPSA) is 26.3 Å². The minimum atomic E-state index is -0.329. The minimum absolute atomic E-state index is 0.0839. The fourth-order valence-corrected chi connectivity index (χ4v) is 0.714. The third-order valence-corrected chi connectivity index (χ3v) is 1.15. The summed E-state index contributed by atoms with van der Waals surface area (Å²) in [5, 5.41) is 0. The lowest BCUT2D eigenvalue weighted by atomic mass is 10.2. The van der Waals surface area contributed by atoms with Crippen molar-refractivity contribution < 1.29 is 9.53 Å². The fraction of sp³-hybridized carbons (Fsp3) is 0.889. The van der Waals surface area contributed by atoms with Crippen LogP contribution in [-0.2, 0) is 9.53 Å². The van der Waals surface area contributed by atoms with Crippen molar-refractivity contribution in [2.45, 2.75) is 52.6 Å². The Morgan fingerprint density at radius 1 is 1.36 bits per heavy atom. The molecule has 0 saturated heterocycles. The molecule has 2 heteroatoms. The van der Waals surface area contributed by atoms with Gasteiger partial charge in [-0.3, -0.25) is 4.79 Å². The first-order chi connectivity index (χ1) is 4.95. The van der Waals surface area contributed by atoms with Gasteiger partial charge in [0, 0.05) is 6.42 Å². The Hall–Kier alpha value is -0.530. The van der Waals surface area contributed by atoms with Crippen molar-refractivity contribution in [1.29, 1.82) is 0 Å². The first kappa shape index (κ1) is 10.5. The summed E-state index contributed by atoms with van der Waals surface area (Å²) in [4.78, 5) is 11.0. The molecule has 0 spiro atoms. The maximum absolute atomic E-state index is 11.0. The van der Waals surface area contributed by atoms with Crippen molar-refractivity contribution in [3.8, 4) is 0 Å². The summed E-state index contributed by atoms with van der Waals surface area (Å²) in [6.45, 7) is 7.72. The van der Waals surface area contributed by atoms with Gasteiger partial charge < -0.3 is 4.74 Å². The molecule has 0 atom stereocenters. The number of esters is 1. The van der Waals surface area contributed by atoms with E-state index in [4.69, 9.17) is 4.74 Å². The lowest BCUT2D eigenvalue weighted by Crippen LogP contribution is -2.23. The van der Waals surface area contributed by atoms with Crippen molar-refractivity contribution in [3.63, 3.8) is 0 Å². The van der Waals surface area contributed by atoms with Crippen LogP contribution in [0.5, 0.6) is 0 Å². The average molecular weight is 158 g/mol. The minimum Gasteiger partial charge on any atom is -0.460 e. The zero-order valence-corrected chi connectivity index (χ0v) is 7.94. The molecular formula is C9H18O2. The molecule has 0 aromatic heterocycles. The predicted octanol–water partition coefficient (Wildman–Crippen LogP) is 2.52. The highest BCUT2D eigenvalue weighted by Crippen LogP contribution is 2.09. The smallest absolute Gasteiger partial charge is 0.306 e. The molecule has 0 radical (unpaired) electrons. The maximum Gasteiger partial charge on any atom is 0.306 e. The second-order valence-electron chi connectivity index (χ2n) is 3.69. The summed E-state index contributed by atoms with van der Waals surface area (Å²) in [5.74, 6) is -0.0839. The Morgan fingerprint density at radius 3 is 2.27 bits per heavy atom. The van der Waals surface area contributed by atoms with E-state index >= 15 is 0 Å². The normalized spacial score (nSPS) is 11.3. The molecule has 0 aliphatic rings. The molecular weight excluding hydrogens is 140 g/mol. The Kier molecular flexibility index (Phi) is 4.16. The molecule has 0 amide bonds. The number of carbonyl (C=O) groups is 1. The van der Waals surface area contributed by atoms with Gasteiger partial charge in [-0.1, -0.05) is 13.3 Å². The van der Waals surface area contributed by atoms with Gasteiger partial charge in [0.1, 0.15) is 5.60 Å². The Morgan fingerprint density at radius 2 is 1.91 bits per heavy atom. The average Bonchev–Trinajstić information content (AvgIpc) is 1.79. The number of carbonyl (C=O) groups excluding carboxylic acids is 1. The number of unbranched alkanes of at least 4 members (excludes halogenated alkanes) is 1. The summed E-state index contributed by atoms with van der Waals surface area (Å²) in [6, 6.07) is 0.